The summed E-state index contributed by atoms with van der Waals surface area (Å²) < 4.78 is 4.86. The fourth-order valence-corrected chi connectivity index (χ4v) is 3.03. The number of nitrogens with one attached hydrogen (secondary N) is 3. The third-order valence-electron chi connectivity index (χ3n) is 4.48. The first-order chi connectivity index (χ1) is 13.5. The van der Waals surface area contributed by atoms with Gasteiger partial charge in [0.15, 0.2) is 0 Å². The second kappa shape index (κ2) is 10.5. The molecule has 2 amide bonds. The Hall–Kier alpha value is -2.87. The van der Waals surface area contributed by atoms with E-state index in [1.54, 1.807) is 4.90 Å². The minimum atomic E-state index is -0.806. The molecule has 0 spiro atoms. The molecule has 2 rings (SSSR count). The lowest BCUT2D eigenvalue weighted by molar-refractivity contribution is -0.145. The summed E-state index contributed by atoms with van der Waals surface area (Å²) in [7, 11) is 1.30. The summed E-state index contributed by atoms with van der Waals surface area (Å²) in [5.74, 6) is -0.979. The number of likely N-dealkylation sites (N-methyl/N-ethyl adjacent to an activating group) is 2. The standard InChI is InChI=1S/C20H28N4O4/c1-4-21-18(25)12-24(5-2)13-19(26)23-17(20(27)28-3)10-14-11-22-16-9-7-6-8-15(14)16/h6-9,11,17,22H,4-5,10,12-13H2,1-3H3,(H,21,25)(H,23,26)/t17-/m0/s1. The molecule has 0 aliphatic rings. The van der Waals surface area contributed by atoms with Gasteiger partial charge in [0.25, 0.3) is 0 Å². The van der Waals surface area contributed by atoms with Crippen molar-refractivity contribution in [2.75, 3.05) is 33.3 Å². The van der Waals surface area contributed by atoms with Crippen LogP contribution in [-0.2, 0) is 25.5 Å². The minimum absolute atomic E-state index is 0.0228. The second-order valence-electron chi connectivity index (χ2n) is 6.46. The zero-order valence-corrected chi connectivity index (χ0v) is 16.6. The van der Waals surface area contributed by atoms with Crippen LogP contribution in [0.1, 0.15) is 19.4 Å². The molecule has 152 valence electrons. The number of methoxy groups -OCH3 is 1. The fraction of sp³-hybridized carbons (Fsp3) is 0.450. The summed E-state index contributed by atoms with van der Waals surface area (Å²) in [6.07, 6.45) is 2.14. The number of carbonyl (C=O) groups excluding carboxylic acids is 3. The van der Waals surface area contributed by atoms with Gasteiger partial charge < -0.3 is 20.4 Å². The van der Waals surface area contributed by atoms with Gasteiger partial charge in [0.1, 0.15) is 6.04 Å². The number of rotatable bonds is 10. The van der Waals surface area contributed by atoms with Crippen molar-refractivity contribution < 1.29 is 19.1 Å². The second-order valence-corrected chi connectivity index (χ2v) is 6.46. The molecule has 1 atom stereocenters. The van der Waals surface area contributed by atoms with Gasteiger partial charge in [-0.3, -0.25) is 14.5 Å². The van der Waals surface area contributed by atoms with Crippen LogP contribution in [0.2, 0.25) is 0 Å². The van der Waals surface area contributed by atoms with Crippen LogP contribution in [0.5, 0.6) is 0 Å². The zero-order valence-electron chi connectivity index (χ0n) is 16.6. The molecular weight excluding hydrogens is 360 g/mol. The van der Waals surface area contributed by atoms with Crippen LogP contribution in [0, 0.1) is 0 Å². The number of carbonyl (C=O) groups is 3. The minimum Gasteiger partial charge on any atom is -0.467 e. The molecule has 0 aliphatic heterocycles. The molecule has 28 heavy (non-hydrogen) atoms. The molecule has 0 radical (unpaired) electrons. The average Bonchev–Trinajstić information content (AvgIpc) is 3.09. The van der Waals surface area contributed by atoms with Crippen LogP contribution >= 0.6 is 0 Å². The number of esters is 1. The Labute approximate surface area is 164 Å². The Morgan fingerprint density at radius 2 is 1.86 bits per heavy atom. The maximum absolute atomic E-state index is 12.5. The van der Waals surface area contributed by atoms with Crippen molar-refractivity contribution in [2.24, 2.45) is 0 Å². The van der Waals surface area contributed by atoms with E-state index in [0.717, 1.165) is 16.5 Å². The highest BCUT2D eigenvalue weighted by molar-refractivity contribution is 5.88. The van der Waals surface area contributed by atoms with Crippen molar-refractivity contribution in [1.82, 2.24) is 20.5 Å². The number of hydrogen-bond acceptors (Lipinski definition) is 5. The molecule has 8 heteroatoms. The summed E-state index contributed by atoms with van der Waals surface area (Å²) in [5, 5.41) is 6.45. The molecule has 0 aliphatic carbocycles. The van der Waals surface area contributed by atoms with Gasteiger partial charge in [0.05, 0.1) is 20.2 Å². The van der Waals surface area contributed by atoms with Gasteiger partial charge in [-0.15, -0.1) is 0 Å². The molecule has 8 nitrogen and oxygen atoms in total. The molecule has 0 saturated carbocycles. The normalized spacial score (nSPS) is 12.0. The number of nitrogens with zero attached hydrogens (tertiary/aromatic N) is 1. The van der Waals surface area contributed by atoms with Crippen LogP contribution in [0.3, 0.4) is 0 Å². The largest absolute Gasteiger partial charge is 0.467 e. The SMILES string of the molecule is CCNC(=O)CN(CC)CC(=O)N[C@@H](Cc1c[nH]c2ccccc12)C(=O)OC. The highest BCUT2D eigenvalue weighted by atomic mass is 16.5. The summed E-state index contributed by atoms with van der Waals surface area (Å²) in [5.41, 5.74) is 1.88. The van der Waals surface area contributed by atoms with Crippen molar-refractivity contribution in [1.29, 1.82) is 0 Å². The summed E-state index contributed by atoms with van der Waals surface area (Å²) in [4.78, 5) is 41.3. The first kappa shape index (κ1) is 21.4. The van der Waals surface area contributed by atoms with Gasteiger partial charge in [-0.05, 0) is 25.1 Å². The molecule has 1 aromatic carbocycles. The monoisotopic (exact) mass is 388 g/mol. The van der Waals surface area contributed by atoms with Gasteiger partial charge in [0, 0.05) is 30.1 Å². The van der Waals surface area contributed by atoms with E-state index < -0.39 is 12.0 Å². The lowest BCUT2D eigenvalue weighted by Crippen LogP contribution is -2.48. The molecule has 1 aromatic heterocycles. The smallest absolute Gasteiger partial charge is 0.328 e. The van der Waals surface area contributed by atoms with E-state index in [0.29, 0.717) is 19.5 Å². The van der Waals surface area contributed by atoms with E-state index in [-0.39, 0.29) is 24.9 Å². The maximum Gasteiger partial charge on any atom is 0.328 e. The van der Waals surface area contributed by atoms with Gasteiger partial charge in [0.2, 0.25) is 11.8 Å². The van der Waals surface area contributed by atoms with Gasteiger partial charge >= 0.3 is 5.97 Å². The molecule has 0 fully saturated rings. The molecular formula is C20H28N4O4. The number of amides is 2. The summed E-state index contributed by atoms with van der Waals surface area (Å²) in [6.45, 7) is 4.94. The van der Waals surface area contributed by atoms with E-state index in [1.807, 2.05) is 44.3 Å². The zero-order chi connectivity index (χ0) is 20.5. The van der Waals surface area contributed by atoms with Gasteiger partial charge in [-0.2, -0.15) is 0 Å². The van der Waals surface area contributed by atoms with Crippen molar-refractivity contribution >= 4 is 28.7 Å². The molecule has 1 heterocycles. The Balaban J connectivity index is 2.04. The van der Waals surface area contributed by atoms with E-state index in [1.165, 1.54) is 7.11 Å². The van der Waals surface area contributed by atoms with Gasteiger partial charge in [-0.25, -0.2) is 4.79 Å². The molecule has 0 saturated heterocycles. The number of para-hydroxylation sites is 1. The molecule has 2 aromatic rings. The van der Waals surface area contributed by atoms with Crippen LogP contribution in [0.15, 0.2) is 30.5 Å². The van der Waals surface area contributed by atoms with Crippen molar-refractivity contribution in [3.63, 3.8) is 0 Å². The molecule has 3 N–H and O–H groups in total. The van der Waals surface area contributed by atoms with Gasteiger partial charge in [-0.1, -0.05) is 25.1 Å². The van der Waals surface area contributed by atoms with E-state index in [9.17, 15) is 14.4 Å². The lowest BCUT2D eigenvalue weighted by atomic mass is 10.0. The number of fused-ring (bicyclic) bond motifs is 1. The number of aromatic nitrogens is 1. The van der Waals surface area contributed by atoms with E-state index >= 15 is 0 Å². The summed E-state index contributed by atoms with van der Waals surface area (Å²) >= 11 is 0. The lowest BCUT2D eigenvalue weighted by Gasteiger charge is -2.21. The number of ether oxygens (including phenoxy) is 1. The van der Waals surface area contributed by atoms with Crippen LogP contribution < -0.4 is 10.6 Å². The predicted octanol–water partition coefficient (Wildman–Crippen LogP) is 0.826. The number of aromatic amines is 1. The van der Waals surface area contributed by atoms with E-state index in [2.05, 4.69) is 15.6 Å². The first-order valence-corrected chi connectivity index (χ1v) is 9.39. The Morgan fingerprint density at radius 3 is 2.54 bits per heavy atom. The Morgan fingerprint density at radius 1 is 1.14 bits per heavy atom. The number of benzene rings is 1. The van der Waals surface area contributed by atoms with E-state index in [4.69, 9.17) is 4.74 Å². The Kier molecular flexibility index (Phi) is 8.01. The quantitative estimate of drug-likeness (QED) is 0.523. The van der Waals surface area contributed by atoms with Crippen molar-refractivity contribution in [2.45, 2.75) is 26.3 Å². The highest BCUT2D eigenvalue weighted by Gasteiger charge is 2.24. The summed E-state index contributed by atoms with van der Waals surface area (Å²) in [6, 6.07) is 6.95. The number of hydrogen-bond donors (Lipinski definition) is 3. The predicted molar refractivity (Wildman–Crippen MR) is 107 cm³/mol. The maximum atomic E-state index is 12.5. The van der Waals surface area contributed by atoms with Crippen LogP contribution in [0.4, 0.5) is 0 Å². The molecule has 0 bridgehead atoms. The first-order valence-electron chi connectivity index (χ1n) is 9.39. The average molecular weight is 388 g/mol. The molecule has 0 unspecified atom stereocenters. The topological polar surface area (TPSA) is 104 Å². The Bertz CT molecular complexity index is 817. The number of H-pyrrole nitrogens is 1. The third-order valence-corrected chi connectivity index (χ3v) is 4.48. The van der Waals surface area contributed by atoms with Crippen LogP contribution in [0.25, 0.3) is 10.9 Å². The highest BCUT2D eigenvalue weighted by Crippen LogP contribution is 2.19. The van der Waals surface area contributed by atoms with Crippen molar-refractivity contribution in [3.8, 4) is 0 Å². The fourth-order valence-electron chi connectivity index (χ4n) is 3.03. The van der Waals surface area contributed by atoms with Crippen LogP contribution in [-0.4, -0.2) is 67.0 Å². The van der Waals surface area contributed by atoms with Crippen molar-refractivity contribution in [3.05, 3.63) is 36.0 Å². The third kappa shape index (κ3) is 5.82.